The minimum atomic E-state index is -0.615. The third-order valence-corrected chi connectivity index (χ3v) is 5.01. The van der Waals surface area contributed by atoms with Crippen LogP contribution in [0.5, 0.6) is 0 Å². The van der Waals surface area contributed by atoms with Crippen molar-refractivity contribution in [1.82, 2.24) is 14.8 Å². The van der Waals surface area contributed by atoms with E-state index in [0.29, 0.717) is 12.4 Å². The fraction of sp³-hybridized carbons (Fsp3) is 0.379. The Morgan fingerprint density at radius 2 is 1.88 bits per heavy atom. The van der Waals surface area contributed by atoms with Gasteiger partial charge in [-0.15, -0.1) is 0 Å². The third-order valence-electron chi connectivity index (χ3n) is 4.66. The van der Waals surface area contributed by atoms with Crippen LogP contribution in [0.4, 0.5) is 0 Å². The molecule has 0 aromatic carbocycles. The lowest BCUT2D eigenvalue weighted by Crippen LogP contribution is -2.37. The van der Waals surface area contributed by atoms with Crippen LogP contribution in [-0.2, 0) is 16.3 Å². The van der Waals surface area contributed by atoms with E-state index in [1.54, 1.807) is 6.33 Å². The van der Waals surface area contributed by atoms with Crippen LogP contribution in [0, 0.1) is 0 Å². The van der Waals surface area contributed by atoms with E-state index < -0.39 is 5.54 Å². The van der Waals surface area contributed by atoms with Crippen LogP contribution >= 0.6 is 12.0 Å². The Morgan fingerprint density at radius 3 is 2.47 bits per heavy atom. The average Bonchev–Trinajstić information content (AvgIpc) is 3.37. The van der Waals surface area contributed by atoms with Gasteiger partial charge in [-0.1, -0.05) is 107 Å². The SMILES string of the molecule is C=C/C=C(\C=C/C)C(/C=C/C=C\C=C/C)(C1=CC=CCC1)n1cnc(COSC)n1.CC.CC. The van der Waals surface area contributed by atoms with E-state index in [9.17, 15) is 0 Å². The normalized spacial score (nSPS) is 15.7. The van der Waals surface area contributed by atoms with E-state index in [1.807, 2.05) is 95.0 Å². The molecule has 0 amide bonds. The highest BCUT2D eigenvalue weighted by Crippen LogP contribution is 2.40. The minimum absolute atomic E-state index is 0.359. The van der Waals surface area contributed by atoms with Crippen LogP contribution in [0.1, 0.15) is 60.2 Å². The topological polar surface area (TPSA) is 39.9 Å². The van der Waals surface area contributed by atoms with Gasteiger partial charge in [-0.2, -0.15) is 5.10 Å². The molecule has 5 heteroatoms. The molecule has 0 N–H and O–H groups in total. The van der Waals surface area contributed by atoms with Crippen LogP contribution in [0.2, 0.25) is 0 Å². The van der Waals surface area contributed by atoms with Crippen molar-refractivity contribution in [3.63, 3.8) is 0 Å². The van der Waals surface area contributed by atoms with E-state index >= 15 is 0 Å². The summed E-state index contributed by atoms with van der Waals surface area (Å²) in [4.78, 5) is 4.50. The Labute approximate surface area is 212 Å². The lowest BCUT2D eigenvalue weighted by Gasteiger charge is -2.36. The number of nitrogens with zero attached hydrogens (tertiary/aromatic N) is 3. The molecular formula is C29H43N3OS. The molecule has 0 saturated heterocycles. The Hall–Kier alpha value is -2.63. The number of aromatic nitrogens is 3. The molecule has 1 aliphatic rings. The fourth-order valence-corrected chi connectivity index (χ4v) is 3.58. The standard InChI is InChI=1S/C25H31N3OS.2C2H6/c1-5-8-9-10-14-19-25(22(15-6-2)16-7-3,23-17-12-11-13-18-23)28-21-26-24(27-28)20-29-30-4;2*1-2/h5-12,14-17,19,21H,2,13,18,20H2,1,3-4H3;2*1-2H3/b8-5-,10-9-,16-7-,19-14+,22-15+;;. The fourth-order valence-electron chi connectivity index (χ4n) is 3.36. The monoisotopic (exact) mass is 481 g/mol. The maximum atomic E-state index is 5.44. The Balaban J connectivity index is 0.00000258. The van der Waals surface area contributed by atoms with E-state index in [4.69, 9.17) is 9.28 Å². The van der Waals surface area contributed by atoms with Gasteiger partial charge in [0.05, 0.1) is 0 Å². The second-order valence-corrected chi connectivity index (χ2v) is 7.16. The Morgan fingerprint density at radius 1 is 1.15 bits per heavy atom. The largest absolute Gasteiger partial charge is 0.307 e. The Kier molecular flexibility index (Phi) is 18.3. The third kappa shape index (κ3) is 9.32. The van der Waals surface area contributed by atoms with Gasteiger partial charge < -0.3 is 4.18 Å². The first kappa shape index (κ1) is 31.4. The highest BCUT2D eigenvalue weighted by Gasteiger charge is 2.37. The molecule has 0 radical (unpaired) electrons. The minimum Gasteiger partial charge on any atom is -0.307 e. The van der Waals surface area contributed by atoms with Crippen molar-refractivity contribution in [2.75, 3.05) is 6.26 Å². The molecule has 1 aromatic rings. The van der Waals surface area contributed by atoms with E-state index in [0.717, 1.165) is 18.4 Å². The zero-order valence-corrected chi connectivity index (χ0v) is 22.9. The summed E-state index contributed by atoms with van der Waals surface area (Å²) in [5.41, 5.74) is 1.70. The van der Waals surface area contributed by atoms with Gasteiger partial charge in [-0.25, -0.2) is 9.67 Å². The summed E-state index contributed by atoms with van der Waals surface area (Å²) in [6, 6.07) is 0. The Bertz CT molecular complexity index is 900. The van der Waals surface area contributed by atoms with E-state index in [1.165, 1.54) is 17.6 Å². The van der Waals surface area contributed by atoms with Crippen molar-refractivity contribution < 1.29 is 4.18 Å². The summed E-state index contributed by atoms with van der Waals surface area (Å²) in [7, 11) is 0. The van der Waals surface area contributed by atoms with Crippen molar-refractivity contribution in [1.29, 1.82) is 0 Å². The molecule has 0 aliphatic heterocycles. The molecule has 1 unspecified atom stereocenters. The molecule has 186 valence electrons. The van der Waals surface area contributed by atoms with E-state index in [-0.39, 0.29) is 0 Å². The quantitative estimate of drug-likeness (QED) is 0.235. The first-order valence-corrected chi connectivity index (χ1v) is 13.2. The van der Waals surface area contributed by atoms with E-state index in [2.05, 4.69) is 48.0 Å². The highest BCUT2D eigenvalue weighted by atomic mass is 32.2. The van der Waals surface area contributed by atoms with Crippen LogP contribution in [0.15, 0.2) is 103 Å². The average molecular weight is 482 g/mol. The molecule has 1 atom stereocenters. The summed E-state index contributed by atoms with van der Waals surface area (Å²) >= 11 is 1.31. The van der Waals surface area contributed by atoms with Crippen molar-refractivity contribution in [3.8, 4) is 0 Å². The molecule has 0 spiro atoms. The zero-order valence-electron chi connectivity index (χ0n) is 22.1. The van der Waals surface area contributed by atoms with Gasteiger partial charge in [0.15, 0.2) is 5.82 Å². The lowest BCUT2D eigenvalue weighted by atomic mass is 9.77. The maximum Gasteiger partial charge on any atom is 0.177 e. The number of allylic oxidation sites excluding steroid dienone is 15. The van der Waals surface area contributed by atoms with Gasteiger partial charge >= 0.3 is 0 Å². The predicted molar refractivity (Wildman–Crippen MR) is 152 cm³/mol. The second-order valence-electron chi connectivity index (χ2n) is 6.59. The predicted octanol–water partition coefficient (Wildman–Crippen LogP) is 8.47. The molecule has 1 heterocycles. The molecule has 0 fully saturated rings. The van der Waals surface area contributed by atoms with Crippen LogP contribution in [0.25, 0.3) is 0 Å². The first-order chi connectivity index (χ1) is 16.7. The number of hydrogen-bond acceptors (Lipinski definition) is 4. The van der Waals surface area contributed by atoms with Crippen molar-refractivity contribution >= 4 is 12.0 Å². The molecule has 0 saturated carbocycles. The maximum absolute atomic E-state index is 5.44. The highest BCUT2D eigenvalue weighted by molar-refractivity contribution is 7.93. The van der Waals surface area contributed by atoms with Gasteiger partial charge in [0.2, 0.25) is 0 Å². The van der Waals surface area contributed by atoms with Crippen LogP contribution in [0.3, 0.4) is 0 Å². The van der Waals surface area contributed by atoms with Crippen molar-refractivity contribution in [2.24, 2.45) is 0 Å². The van der Waals surface area contributed by atoms with Crippen molar-refractivity contribution in [3.05, 3.63) is 109 Å². The summed E-state index contributed by atoms with van der Waals surface area (Å²) < 4.78 is 7.38. The molecule has 0 bridgehead atoms. The van der Waals surface area contributed by atoms with Gasteiger partial charge in [0, 0.05) is 6.26 Å². The molecule has 4 nitrogen and oxygen atoms in total. The molecular weight excluding hydrogens is 438 g/mol. The van der Waals surface area contributed by atoms with Crippen LogP contribution in [-0.4, -0.2) is 21.0 Å². The summed E-state index contributed by atoms with van der Waals surface area (Å²) in [6.45, 7) is 16.3. The molecule has 1 aliphatic carbocycles. The van der Waals surface area contributed by atoms with Crippen LogP contribution < -0.4 is 0 Å². The lowest BCUT2D eigenvalue weighted by molar-refractivity contribution is 0.347. The summed E-state index contributed by atoms with van der Waals surface area (Å²) in [5.74, 6) is 0.650. The summed E-state index contributed by atoms with van der Waals surface area (Å²) in [5, 5.41) is 4.80. The zero-order chi connectivity index (χ0) is 25.7. The smallest absolute Gasteiger partial charge is 0.177 e. The molecule has 1 aromatic heterocycles. The summed E-state index contributed by atoms with van der Waals surface area (Å²) in [6.07, 6.45) is 32.4. The molecule has 34 heavy (non-hydrogen) atoms. The van der Waals surface area contributed by atoms with Crippen molar-refractivity contribution in [2.45, 2.75) is 66.5 Å². The van der Waals surface area contributed by atoms with Gasteiger partial charge in [0.25, 0.3) is 0 Å². The van der Waals surface area contributed by atoms with Gasteiger partial charge in [-0.05, 0) is 56.0 Å². The molecule has 2 rings (SSSR count). The first-order valence-electron chi connectivity index (χ1n) is 12.1. The number of rotatable bonds is 11. The van der Waals surface area contributed by atoms with Gasteiger partial charge in [-0.3, -0.25) is 0 Å². The second kappa shape index (κ2) is 19.8. The number of hydrogen-bond donors (Lipinski definition) is 0. The van der Waals surface area contributed by atoms with Gasteiger partial charge in [0.1, 0.15) is 18.5 Å².